The number of likely N-dealkylation sites (N-methyl/N-ethyl adjacent to an activating group) is 2. The molecule has 0 bridgehead atoms. The van der Waals surface area contributed by atoms with Crippen LogP contribution in [-0.4, -0.2) is 82.7 Å². The first-order valence-electron chi connectivity index (χ1n) is 13.3. The van der Waals surface area contributed by atoms with E-state index < -0.39 is 0 Å². The van der Waals surface area contributed by atoms with E-state index in [9.17, 15) is 4.79 Å². The number of nitrogens with zero attached hydrogens (tertiary/aromatic N) is 7. The fraction of sp³-hybridized carbons (Fsp3) is 0.379. The van der Waals surface area contributed by atoms with Crippen molar-refractivity contribution in [1.82, 2.24) is 29.3 Å². The lowest BCUT2D eigenvalue weighted by atomic mass is 10.1. The van der Waals surface area contributed by atoms with E-state index in [2.05, 4.69) is 64.2 Å². The first-order chi connectivity index (χ1) is 18.5. The summed E-state index contributed by atoms with van der Waals surface area (Å²) in [5, 5.41) is 3.36. The van der Waals surface area contributed by atoms with Gasteiger partial charge in [0.2, 0.25) is 5.95 Å². The van der Waals surface area contributed by atoms with E-state index in [4.69, 9.17) is 9.97 Å². The maximum atomic E-state index is 13.8. The van der Waals surface area contributed by atoms with Crippen LogP contribution in [0.25, 0.3) is 22.4 Å². The first kappa shape index (κ1) is 24.5. The van der Waals surface area contributed by atoms with Crippen molar-refractivity contribution >= 4 is 28.5 Å². The van der Waals surface area contributed by atoms with Gasteiger partial charge in [-0.05, 0) is 57.7 Å². The summed E-state index contributed by atoms with van der Waals surface area (Å²) < 4.78 is 1.84. The van der Waals surface area contributed by atoms with Gasteiger partial charge in [0.15, 0.2) is 5.65 Å². The second-order valence-electron chi connectivity index (χ2n) is 10.5. The van der Waals surface area contributed by atoms with Gasteiger partial charge in [0.25, 0.3) is 5.56 Å². The van der Waals surface area contributed by atoms with E-state index >= 15 is 0 Å². The van der Waals surface area contributed by atoms with Gasteiger partial charge in [-0.15, -0.1) is 0 Å². The monoisotopic (exact) mass is 510 g/mol. The molecule has 0 radical (unpaired) electrons. The van der Waals surface area contributed by atoms with Crippen LogP contribution in [0.15, 0.2) is 59.5 Å². The van der Waals surface area contributed by atoms with Gasteiger partial charge in [0.1, 0.15) is 11.2 Å². The number of benzene rings is 2. The lowest BCUT2D eigenvalue weighted by Gasteiger charge is -2.35. The van der Waals surface area contributed by atoms with Gasteiger partial charge in [0, 0.05) is 49.7 Å². The number of nitrogens with one attached hydrogen (secondary N) is 1. The number of fused-ring (bicyclic) bond motifs is 1. The molecule has 4 heterocycles. The van der Waals surface area contributed by atoms with Crippen LogP contribution >= 0.6 is 0 Å². The lowest BCUT2D eigenvalue weighted by molar-refractivity contribution is 0.312. The second kappa shape index (κ2) is 10.2. The van der Waals surface area contributed by atoms with E-state index in [1.807, 2.05) is 34.9 Å². The van der Waals surface area contributed by atoms with Crippen molar-refractivity contribution in [3.8, 4) is 11.3 Å². The van der Waals surface area contributed by atoms with Crippen LogP contribution < -0.4 is 15.8 Å². The van der Waals surface area contributed by atoms with Crippen molar-refractivity contribution in [3.05, 3.63) is 70.6 Å². The first-order valence-corrected chi connectivity index (χ1v) is 13.3. The molecule has 2 aliphatic rings. The maximum Gasteiger partial charge on any atom is 0.279 e. The Morgan fingerprint density at radius 2 is 1.71 bits per heavy atom. The predicted octanol–water partition coefficient (Wildman–Crippen LogP) is 3.53. The number of rotatable bonds is 5. The van der Waals surface area contributed by atoms with E-state index in [1.54, 1.807) is 6.20 Å². The fourth-order valence-corrected chi connectivity index (χ4v) is 5.57. The smallest absolute Gasteiger partial charge is 0.279 e. The van der Waals surface area contributed by atoms with E-state index in [1.165, 1.54) is 11.3 Å². The molecule has 196 valence electrons. The standard InChI is InChI=1S/C29H34N8O/c1-20-17-22(9-10-25(20)36-15-13-34(2)14-16-36)31-29-30-18-24-27(33-29)37(23-11-12-35(3)19-23)28(38)26(32-24)21-7-5-4-6-8-21/h4-10,17-18,23H,11-16,19H2,1-3H3,(H,30,31,33). The number of hydrogen-bond donors (Lipinski definition) is 1. The van der Waals surface area contributed by atoms with Crippen molar-refractivity contribution in [2.75, 3.05) is 63.6 Å². The SMILES string of the molecule is Cc1cc(Nc2ncc3nc(-c4ccccc4)c(=O)n(C4CCN(C)C4)c3n2)ccc1N1CCN(C)CC1. The minimum Gasteiger partial charge on any atom is -0.369 e. The quantitative estimate of drug-likeness (QED) is 0.437. The van der Waals surface area contributed by atoms with E-state index in [0.29, 0.717) is 22.8 Å². The summed E-state index contributed by atoms with van der Waals surface area (Å²) >= 11 is 0. The van der Waals surface area contributed by atoms with Gasteiger partial charge in [0.05, 0.1) is 12.2 Å². The zero-order valence-electron chi connectivity index (χ0n) is 22.3. The average molecular weight is 511 g/mol. The van der Waals surface area contributed by atoms with Crippen LogP contribution in [0.2, 0.25) is 0 Å². The molecule has 2 fully saturated rings. The third-order valence-electron chi connectivity index (χ3n) is 7.71. The number of aromatic nitrogens is 4. The molecule has 2 aromatic heterocycles. The molecule has 2 aromatic carbocycles. The normalized spacial score (nSPS) is 18.8. The minimum absolute atomic E-state index is 0.0355. The van der Waals surface area contributed by atoms with Gasteiger partial charge in [-0.3, -0.25) is 9.36 Å². The molecule has 2 saturated heterocycles. The van der Waals surface area contributed by atoms with Gasteiger partial charge in [-0.2, -0.15) is 4.98 Å². The van der Waals surface area contributed by atoms with Crippen LogP contribution in [0.3, 0.4) is 0 Å². The number of piperazine rings is 1. The highest BCUT2D eigenvalue weighted by Crippen LogP contribution is 2.28. The van der Waals surface area contributed by atoms with E-state index in [-0.39, 0.29) is 11.6 Å². The Morgan fingerprint density at radius 3 is 2.42 bits per heavy atom. The molecule has 2 aliphatic heterocycles. The Hall–Kier alpha value is -3.82. The molecule has 6 rings (SSSR count). The number of aryl methyl sites for hydroxylation is 1. The molecule has 0 amide bonds. The Bertz CT molecular complexity index is 1510. The number of likely N-dealkylation sites (tertiary alicyclic amines) is 1. The summed E-state index contributed by atoms with van der Waals surface area (Å²) in [5.74, 6) is 0.456. The van der Waals surface area contributed by atoms with Gasteiger partial charge in [-0.25, -0.2) is 9.97 Å². The van der Waals surface area contributed by atoms with Crippen LogP contribution in [0.4, 0.5) is 17.3 Å². The second-order valence-corrected chi connectivity index (χ2v) is 10.5. The number of hydrogen-bond acceptors (Lipinski definition) is 8. The van der Waals surface area contributed by atoms with Crippen molar-refractivity contribution < 1.29 is 0 Å². The van der Waals surface area contributed by atoms with Crippen LogP contribution in [0.5, 0.6) is 0 Å². The zero-order valence-corrected chi connectivity index (χ0v) is 22.3. The molecular weight excluding hydrogens is 476 g/mol. The molecule has 0 saturated carbocycles. The van der Waals surface area contributed by atoms with Gasteiger partial charge >= 0.3 is 0 Å². The topological polar surface area (TPSA) is 82.4 Å². The minimum atomic E-state index is -0.110. The molecule has 4 aromatic rings. The largest absolute Gasteiger partial charge is 0.369 e. The van der Waals surface area contributed by atoms with Crippen molar-refractivity contribution in [1.29, 1.82) is 0 Å². The summed E-state index contributed by atoms with van der Waals surface area (Å²) in [6.45, 7) is 8.09. The van der Waals surface area contributed by atoms with Crippen LogP contribution in [0, 0.1) is 6.92 Å². The molecule has 1 N–H and O–H groups in total. The lowest BCUT2D eigenvalue weighted by Crippen LogP contribution is -2.44. The summed E-state index contributed by atoms with van der Waals surface area (Å²) in [4.78, 5) is 35.0. The molecular formula is C29H34N8O. The van der Waals surface area contributed by atoms with Crippen molar-refractivity contribution in [2.45, 2.75) is 19.4 Å². The third-order valence-corrected chi connectivity index (χ3v) is 7.71. The third kappa shape index (κ3) is 4.75. The summed E-state index contributed by atoms with van der Waals surface area (Å²) in [6.07, 6.45) is 2.61. The summed E-state index contributed by atoms with van der Waals surface area (Å²) in [7, 11) is 4.26. The summed E-state index contributed by atoms with van der Waals surface area (Å²) in [5.41, 5.74) is 5.71. The highest BCUT2D eigenvalue weighted by molar-refractivity contribution is 5.75. The molecule has 9 heteroatoms. The number of anilines is 3. The Morgan fingerprint density at radius 1 is 0.921 bits per heavy atom. The maximum absolute atomic E-state index is 13.8. The molecule has 1 atom stereocenters. The van der Waals surface area contributed by atoms with Gasteiger partial charge < -0.3 is 20.0 Å². The Kier molecular flexibility index (Phi) is 6.55. The molecule has 38 heavy (non-hydrogen) atoms. The zero-order chi connectivity index (χ0) is 26.2. The highest BCUT2D eigenvalue weighted by Gasteiger charge is 2.26. The van der Waals surface area contributed by atoms with E-state index in [0.717, 1.165) is 56.9 Å². The average Bonchev–Trinajstić information content (AvgIpc) is 3.35. The van der Waals surface area contributed by atoms with Crippen molar-refractivity contribution in [3.63, 3.8) is 0 Å². The Labute approximate surface area is 222 Å². The molecule has 0 aliphatic carbocycles. The summed E-state index contributed by atoms with van der Waals surface area (Å²) in [6, 6.07) is 16.0. The molecule has 1 unspecified atom stereocenters. The fourth-order valence-electron chi connectivity index (χ4n) is 5.57. The molecule has 0 spiro atoms. The van der Waals surface area contributed by atoms with Crippen LogP contribution in [-0.2, 0) is 0 Å². The van der Waals surface area contributed by atoms with Crippen molar-refractivity contribution in [2.24, 2.45) is 0 Å². The molecule has 9 nitrogen and oxygen atoms in total. The highest BCUT2D eigenvalue weighted by atomic mass is 16.1. The van der Waals surface area contributed by atoms with Crippen LogP contribution in [0.1, 0.15) is 18.0 Å². The van der Waals surface area contributed by atoms with Gasteiger partial charge in [-0.1, -0.05) is 30.3 Å². The predicted molar refractivity (Wildman–Crippen MR) is 152 cm³/mol. The Balaban J connectivity index is 1.36.